The van der Waals surface area contributed by atoms with Gasteiger partial charge in [0.05, 0.1) is 11.6 Å². The summed E-state index contributed by atoms with van der Waals surface area (Å²) in [7, 11) is 3.48. The predicted octanol–water partition coefficient (Wildman–Crippen LogP) is 2.63. The summed E-state index contributed by atoms with van der Waals surface area (Å²) in [5.74, 6) is 1.47. The molecule has 1 aromatic carbocycles. The number of amides is 1. The van der Waals surface area contributed by atoms with Crippen molar-refractivity contribution in [3.63, 3.8) is 0 Å². The predicted molar refractivity (Wildman–Crippen MR) is 106 cm³/mol. The first-order valence-corrected chi connectivity index (χ1v) is 9.53. The van der Waals surface area contributed by atoms with Crippen molar-refractivity contribution in [3.05, 3.63) is 29.3 Å². The molecule has 6 nitrogen and oxygen atoms in total. The Bertz CT molecular complexity index is 621. The van der Waals surface area contributed by atoms with E-state index in [0.29, 0.717) is 10.8 Å². The van der Waals surface area contributed by atoms with E-state index in [2.05, 4.69) is 22.1 Å². The Morgan fingerprint density at radius 1 is 1.42 bits per heavy atom. The first-order chi connectivity index (χ1) is 12.5. The third-order valence-corrected chi connectivity index (χ3v) is 4.56. The minimum Gasteiger partial charge on any atom is -0.487 e. The quantitative estimate of drug-likeness (QED) is 0.449. The second kappa shape index (κ2) is 10.3. The van der Waals surface area contributed by atoms with E-state index in [9.17, 15) is 4.79 Å². The molecular formula is C19H29ClN4O2. The zero-order valence-electron chi connectivity index (χ0n) is 15.9. The summed E-state index contributed by atoms with van der Waals surface area (Å²) in [4.78, 5) is 20.1. The molecule has 1 heterocycles. The van der Waals surface area contributed by atoms with E-state index < -0.39 is 0 Å². The molecule has 26 heavy (non-hydrogen) atoms. The van der Waals surface area contributed by atoms with Crippen LogP contribution in [-0.4, -0.2) is 68.0 Å². The Hall–Kier alpha value is -1.95. The van der Waals surface area contributed by atoms with Gasteiger partial charge in [-0.15, -0.1) is 0 Å². The zero-order chi connectivity index (χ0) is 18.9. The number of halogens is 1. The van der Waals surface area contributed by atoms with Gasteiger partial charge in [-0.25, -0.2) is 4.99 Å². The molecular weight excluding hydrogens is 352 g/mol. The highest BCUT2D eigenvalue weighted by molar-refractivity contribution is 6.32. The normalized spacial score (nSPS) is 17.3. The summed E-state index contributed by atoms with van der Waals surface area (Å²) in [5, 5.41) is 4.00. The number of carbonyl (C=O) groups excluding carboxylic acids is 1. The van der Waals surface area contributed by atoms with Gasteiger partial charge in [0, 0.05) is 33.6 Å². The van der Waals surface area contributed by atoms with Gasteiger partial charge in [-0.05, 0) is 18.6 Å². The maximum absolute atomic E-state index is 11.9. The molecule has 1 fully saturated rings. The molecule has 0 aromatic heterocycles. The summed E-state index contributed by atoms with van der Waals surface area (Å²) in [6.07, 6.45) is 3.11. The topological polar surface area (TPSA) is 57.2 Å². The number of para-hydroxylation sites is 1. The largest absolute Gasteiger partial charge is 0.487 e. The first-order valence-electron chi connectivity index (χ1n) is 9.15. The lowest BCUT2D eigenvalue weighted by atomic mass is 10.3. The summed E-state index contributed by atoms with van der Waals surface area (Å²) in [5.41, 5.74) is 0. The van der Waals surface area contributed by atoms with Crippen LogP contribution >= 0.6 is 11.6 Å². The Labute approximate surface area is 161 Å². The number of benzene rings is 1. The Morgan fingerprint density at radius 2 is 2.19 bits per heavy atom. The molecule has 0 radical (unpaired) electrons. The van der Waals surface area contributed by atoms with Crippen LogP contribution in [-0.2, 0) is 4.79 Å². The van der Waals surface area contributed by atoms with Gasteiger partial charge in [0.15, 0.2) is 5.96 Å². The average molecular weight is 381 g/mol. The van der Waals surface area contributed by atoms with Crippen molar-refractivity contribution < 1.29 is 9.53 Å². The van der Waals surface area contributed by atoms with Crippen molar-refractivity contribution in [2.24, 2.45) is 4.99 Å². The number of nitrogens with zero attached hydrogens (tertiary/aromatic N) is 3. The smallest absolute Gasteiger partial charge is 0.243 e. The number of guanidine groups is 1. The molecule has 1 atom stereocenters. The molecule has 7 heteroatoms. The minimum absolute atomic E-state index is 0.0112. The molecule has 0 spiro atoms. The zero-order valence-corrected chi connectivity index (χ0v) is 16.6. The van der Waals surface area contributed by atoms with Gasteiger partial charge in [0.25, 0.3) is 0 Å². The van der Waals surface area contributed by atoms with Crippen molar-refractivity contribution in [1.82, 2.24) is 15.1 Å². The Morgan fingerprint density at radius 3 is 2.88 bits per heavy atom. The maximum atomic E-state index is 11.9. The van der Waals surface area contributed by atoms with Crippen LogP contribution < -0.4 is 10.1 Å². The molecule has 1 amide bonds. The molecule has 1 saturated heterocycles. The number of likely N-dealkylation sites (N-methyl/N-ethyl adjacent to an activating group) is 1. The summed E-state index contributed by atoms with van der Waals surface area (Å²) < 4.78 is 6.04. The highest BCUT2D eigenvalue weighted by atomic mass is 35.5. The number of unbranched alkanes of at least 4 members (excludes halogenated alkanes) is 1. The Balaban J connectivity index is 1.98. The molecule has 0 aliphatic carbocycles. The van der Waals surface area contributed by atoms with Crippen molar-refractivity contribution in [3.8, 4) is 5.75 Å². The van der Waals surface area contributed by atoms with Gasteiger partial charge in [0.2, 0.25) is 5.91 Å². The maximum Gasteiger partial charge on any atom is 0.243 e. The SMILES string of the molecule is CCCCNC(=NCC(=O)N(C)C)N1CCC(Oc2ccccc2Cl)C1. The van der Waals surface area contributed by atoms with Crippen LogP contribution in [0.4, 0.5) is 0 Å². The number of hydrogen-bond donors (Lipinski definition) is 1. The number of ether oxygens (including phenoxy) is 1. The number of hydrogen-bond acceptors (Lipinski definition) is 3. The van der Waals surface area contributed by atoms with Crippen LogP contribution in [0.5, 0.6) is 5.75 Å². The first kappa shape index (κ1) is 20.4. The van der Waals surface area contributed by atoms with E-state index in [1.165, 1.54) is 0 Å². The number of rotatable bonds is 7. The van der Waals surface area contributed by atoms with E-state index in [-0.39, 0.29) is 18.6 Å². The molecule has 1 unspecified atom stereocenters. The number of nitrogens with one attached hydrogen (secondary N) is 1. The summed E-state index contributed by atoms with van der Waals surface area (Å²) in [6.45, 7) is 4.70. The molecule has 1 N–H and O–H groups in total. The van der Waals surface area contributed by atoms with Crippen molar-refractivity contribution in [1.29, 1.82) is 0 Å². The monoisotopic (exact) mass is 380 g/mol. The van der Waals surface area contributed by atoms with Crippen LogP contribution in [0.1, 0.15) is 26.2 Å². The fourth-order valence-corrected chi connectivity index (χ4v) is 2.85. The van der Waals surface area contributed by atoms with Gasteiger partial charge in [-0.2, -0.15) is 0 Å². The van der Waals surface area contributed by atoms with E-state index in [0.717, 1.165) is 44.9 Å². The molecule has 144 valence electrons. The minimum atomic E-state index is -0.0112. The third-order valence-electron chi connectivity index (χ3n) is 4.25. The fraction of sp³-hybridized carbons (Fsp3) is 0.579. The van der Waals surface area contributed by atoms with Gasteiger partial charge in [0.1, 0.15) is 18.4 Å². The fourth-order valence-electron chi connectivity index (χ4n) is 2.67. The van der Waals surface area contributed by atoms with Crippen LogP contribution in [0.3, 0.4) is 0 Å². The van der Waals surface area contributed by atoms with Crippen LogP contribution in [0, 0.1) is 0 Å². The van der Waals surface area contributed by atoms with Gasteiger partial charge < -0.3 is 19.9 Å². The molecule has 1 aliphatic heterocycles. The van der Waals surface area contributed by atoms with E-state index in [4.69, 9.17) is 16.3 Å². The average Bonchev–Trinajstić information content (AvgIpc) is 3.08. The number of aliphatic imine (C=N–C) groups is 1. The molecule has 0 bridgehead atoms. The summed E-state index contributed by atoms with van der Waals surface area (Å²) >= 11 is 6.18. The van der Waals surface area contributed by atoms with Gasteiger partial charge in [-0.1, -0.05) is 37.1 Å². The van der Waals surface area contributed by atoms with Crippen LogP contribution in [0.25, 0.3) is 0 Å². The lowest BCUT2D eigenvalue weighted by molar-refractivity contribution is -0.127. The molecule has 0 saturated carbocycles. The molecule has 1 aromatic rings. The Kier molecular flexibility index (Phi) is 8.04. The van der Waals surface area contributed by atoms with Gasteiger partial charge in [-0.3, -0.25) is 4.79 Å². The third kappa shape index (κ3) is 6.09. The number of carbonyl (C=O) groups is 1. The van der Waals surface area contributed by atoms with Crippen molar-refractivity contribution in [2.75, 3.05) is 40.3 Å². The van der Waals surface area contributed by atoms with Crippen LogP contribution in [0.15, 0.2) is 29.3 Å². The van der Waals surface area contributed by atoms with Gasteiger partial charge >= 0.3 is 0 Å². The van der Waals surface area contributed by atoms with E-state index in [1.807, 2.05) is 24.3 Å². The second-order valence-corrected chi connectivity index (χ2v) is 7.02. The standard InChI is InChI=1S/C19H29ClN4O2/c1-4-5-11-21-19(22-13-18(25)23(2)3)24-12-10-15(14-24)26-17-9-7-6-8-16(17)20/h6-9,15H,4-5,10-14H2,1-3H3,(H,21,22). The van der Waals surface area contributed by atoms with Crippen LogP contribution in [0.2, 0.25) is 5.02 Å². The highest BCUT2D eigenvalue weighted by Crippen LogP contribution is 2.26. The van der Waals surface area contributed by atoms with Crippen molar-refractivity contribution >= 4 is 23.5 Å². The van der Waals surface area contributed by atoms with E-state index >= 15 is 0 Å². The lowest BCUT2D eigenvalue weighted by Crippen LogP contribution is -2.42. The molecule has 1 aliphatic rings. The van der Waals surface area contributed by atoms with Crippen molar-refractivity contribution in [2.45, 2.75) is 32.3 Å². The van der Waals surface area contributed by atoms with E-state index in [1.54, 1.807) is 19.0 Å². The second-order valence-electron chi connectivity index (χ2n) is 6.61. The molecule has 2 rings (SSSR count). The lowest BCUT2D eigenvalue weighted by Gasteiger charge is -2.22. The summed E-state index contributed by atoms with van der Waals surface area (Å²) in [6, 6.07) is 7.52. The highest BCUT2D eigenvalue weighted by Gasteiger charge is 2.27. The number of likely N-dealkylation sites (tertiary alicyclic amines) is 1.